The van der Waals surface area contributed by atoms with Crippen molar-refractivity contribution in [2.24, 2.45) is 0 Å². The molecule has 3 nitrogen and oxygen atoms in total. The van der Waals surface area contributed by atoms with Crippen LogP contribution in [0.1, 0.15) is 38.5 Å². The molecule has 0 amide bonds. The molecular weight excluding hydrogens is 262 g/mol. The number of nitrogens with one attached hydrogen (secondary N) is 1. The van der Waals surface area contributed by atoms with E-state index in [-0.39, 0.29) is 5.54 Å². The minimum atomic E-state index is 0.0555. The lowest BCUT2D eigenvalue weighted by Gasteiger charge is -2.20. The van der Waals surface area contributed by atoms with Crippen LogP contribution in [0.25, 0.3) is 11.0 Å². The highest BCUT2D eigenvalue weighted by atomic mass is 16.5. The van der Waals surface area contributed by atoms with Crippen molar-refractivity contribution in [1.82, 2.24) is 5.32 Å². The molecule has 0 fully saturated rings. The minimum Gasteiger partial charge on any atom is -0.459 e. The maximum absolute atomic E-state index is 5.99. The Hall–Kier alpha value is -1.58. The van der Waals surface area contributed by atoms with Gasteiger partial charge in [-0.3, -0.25) is 0 Å². The minimum absolute atomic E-state index is 0.0555. The fourth-order valence-electron chi connectivity index (χ4n) is 2.14. The maximum Gasteiger partial charge on any atom is 0.134 e. The van der Waals surface area contributed by atoms with E-state index in [0.717, 1.165) is 28.7 Å². The Morgan fingerprint density at radius 1 is 1.29 bits per heavy atom. The molecule has 114 valence electrons. The van der Waals surface area contributed by atoms with Gasteiger partial charge in [-0.05, 0) is 33.3 Å². The fraction of sp³-hybridized carbons (Fsp3) is 0.444. The van der Waals surface area contributed by atoms with Crippen molar-refractivity contribution in [3.63, 3.8) is 0 Å². The highest BCUT2D eigenvalue weighted by Gasteiger charge is 2.16. The van der Waals surface area contributed by atoms with Crippen LogP contribution in [0, 0.1) is 0 Å². The second-order valence-corrected chi connectivity index (χ2v) is 6.23. The molecular formula is C18H25NO2. The van der Waals surface area contributed by atoms with E-state index in [2.05, 4.69) is 38.7 Å². The zero-order valence-corrected chi connectivity index (χ0v) is 13.2. The van der Waals surface area contributed by atoms with Crippen molar-refractivity contribution < 1.29 is 9.15 Å². The third-order valence-electron chi connectivity index (χ3n) is 3.27. The molecule has 0 bridgehead atoms. The lowest BCUT2D eigenvalue weighted by molar-refractivity contribution is 0.124. The number of rotatable bonds is 7. The van der Waals surface area contributed by atoms with Gasteiger partial charge in [0.15, 0.2) is 0 Å². The van der Waals surface area contributed by atoms with Crippen LogP contribution in [0.5, 0.6) is 0 Å². The number of fused-ring (bicyclic) bond motifs is 1. The van der Waals surface area contributed by atoms with E-state index in [0.29, 0.717) is 19.8 Å². The SMILES string of the molecule is C=CCCOCc1c(CNC(C)(C)C)oc2ccccc12. The zero-order valence-electron chi connectivity index (χ0n) is 13.2. The third kappa shape index (κ3) is 4.45. The van der Waals surface area contributed by atoms with Gasteiger partial charge in [0.25, 0.3) is 0 Å². The first-order chi connectivity index (χ1) is 10.0. The van der Waals surface area contributed by atoms with Crippen molar-refractivity contribution in [3.05, 3.63) is 48.2 Å². The Morgan fingerprint density at radius 2 is 2.05 bits per heavy atom. The molecule has 1 aromatic carbocycles. The van der Waals surface area contributed by atoms with Crippen LogP contribution < -0.4 is 5.32 Å². The molecule has 0 atom stereocenters. The van der Waals surface area contributed by atoms with Gasteiger partial charge in [0.1, 0.15) is 11.3 Å². The molecule has 0 aliphatic heterocycles. The summed E-state index contributed by atoms with van der Waals surface area (Å²) >= 11 is 0. The zero-order chi connectivity index (χ0) is 15.3. The molecule has 0 saturated carbocycles. The summed E-state index contributed by atoms with van der Waals surface area (Å²) in [7, 11) is 0. The average Bonchev–Trinajstić information content (AvgIpc) is 2.79. The molecule has 1 N–H and O–H groups in total. The molecule has 0 aliphatic carbocycles. The number of benzene rings is 1. The molecule has 2 rings (SSSR count). The van der Waals surface area contributed by atoms with Crippen LogP contribution in [0.3, 0.4) is 0 Å². The van der Waals surface area contributed by atoms with Gasteiger partial charge in [0.2, 0.25) is 0 Å². The molecule has 0 aliphatic rings. The van der Waals surface area contributed by atoms with Gasteiger partial charge in [-0.25, -0.2) is 0 Å². The van der Waals surface area contributed by atoms with Gasteiger partial charge in [0, 0.05) is 16.5 Å². The molecule has 1 heterocycles. The first kappa shape index (κ1) is 15.8. The number of furan rings is 1. The van der Waals surface area contributed by atoms with Crippen LogP contribution in [-0.2, 0) is 17.9 Å². The summed E-state index contributed by atoms with van der Waals surface area (Å²) in [6.45, 7) is 12.1. The van der Waals surface area contributed by atoms with Gasteiger partial charge < -0.3 is 14.5 Å². The third-order valence-corrected chi connectivity index (χ3v) is 3.27. The molecule has 0 radical (unpaired) electrons. The smallest absolute Gasteiger partial charge is 0.134 e. The number of hydrogen-bond acceptors (Lipinski definition) is 3. The lowest BCUT2D eigenvalue weighted by Crippen LogP contribution is -2.35. The fourth-order valence-corrected chi connectivity index (χ4v) is 2.14. The van der Waals surface area contributed by atoms with Gasteiger partial charge in [-0.1, -0.05) is 24.3 Å². The van der Waals surface area contributed by atoms with E-state index >= 15 is 0 Å². The highest BCUT2D eigenvalue weighted by Crippen LogP contribution is 2.27. The second-order valence-electron chi connectivity index (χ2n) is 6.23. The Kier molecular flexibility index (Phi) is 5.21. The summed E-state index contributed by atoms with van der Waals surface area (Å²) in [4.78, 5) is 0. The molecule has 2 aromatic rings. The Morgan fingerprint density at radius 3 is 2.76 bits per heavy atom. The van der Waals surface area contributed by atoms with Crippen molar-refractivity contribution in [2.45, 2.75) is 45.9 Å². The predicted octanol–water partition coefficient (Wildman–Crippen LogP) is 4.41. The average molecular weight is 287 g/mol. The topological polar surface area (TPSA) is 34.4 Å². The highest BCUT2D eigenvalue weighted by molar-refractivity contribution is 5.82. The first-order valence-corrected chi connectivity index (χ1v) is 7.44. The molecule has 0 saturated heterocycles. The summed E-state index contributed by atoms with van der Waals surface area (Å²) in [5.41, 5.74) is 2.12. The molecule has 1 aromatic heterocycles. The second kappa shape index (κ2) is 6.92. The summed E-state index contributed by atoms with van der Waals surface area (Å²) < 4.78 is 11.7. The summed E-state index contributed by atoms with van der Waals surface area (Å²) in [5, 5.41) is 4.62. The predicted molar refractivity (Wildman–Crippen MR) is 87.3 cm³/mol. The quantitative estimate of drug-likeness (QED) is 0.605. The van der Waals surface area contributed by atoms with E-state index in [1.807, 2.05) is 24.3 Å². The van der Waals surface area contributed by atoms with Crippen LogP contribution in [0.4, 0.5) is 0 Å². The van der Waals surface area contributed by atoms with Gasteiger partial charge in [0.05, 0.1) is 19.8 Å². The molecule has 21 heavy (non-hydrogen) atoms. The van der Waals surface area contributed by atoms with E-state index in [9.17, 15) is 0 Å². The van der Waals surface area contributed by atoms with Crippen LogP contribution >= 0.6 is 0 Å². The molecule has 0 unspecified atom stereocenters. The van der Waals surface area contributed by atoms with Gasteiger partial charge in [-0.2, -0.15) is 0 Å². The normalized spacial score (nSPS) is 12.0. The largest absolute Gasteiger partial charge is 0.459 e. The van der Waals surface area contributed by atoms with Gasteiger partial charge >= 0.3 is 0 Å². The summed E-state index contributed by atoms with van der Waals surface area (Å²) in [6, 6.07) is 8.12. The number of hydrogen-bond donors (Lipinski definition) is 1. The van der Waals surface area contributed by atoms with E-state index < -0.39 is 0 Å². The van der Waals surface area contributed by atoms with Crippen molar-refractivity contribution in [3.8, 4) is 0 Å². The monoisotopic (exact) mass is 287 g/mol. The maximum atomic E-state index is 5.99. The standard InChI is InChI=1S/C18H25NO2/c1-5-6-11-20-13-15-14-9-7-8-10-16(14)21-17(15)12-19-18(2,3)4/h5,7-10,19H,1,6,11-13H2,2-4H3. The Labute approximate surface area is 127 Å². The summed E-state index contributed by atoms with van der Waals surface area (Å²) in [6.07, 6.45) is 2.74. The van der Waals surface area contributed by atoms with Crippen LogP contribution in [0.2, 0.25) is 0 Å². The van der Waals surface area contributed by atoms with Crippen molar-refractivity contribution in [1.29, 1.82) is 0 Å². The molecule has 3 heteroatoms. The first-order valence-electron chi connectivity index (χ1n) is 7.44. The van der Waals surface area contributed by atoms with E-state index in [1.165, 1.54) is 0 Å². The van der Waals surface area contributed by atoms with Gasteiger partial charge in [-0.15, -0.1) is 6.58 Å². The van der Waals surface area contributed by atoms with Crippen molar-refractivity contribution in [2.75, 3.05) is 6.61 Å². The number of ether oxygens (including phenoxy) is 1. The van der Waals surface area contributed by atoms with E-state index in [4.69, 9.17) is 9.15 Å². The van der Waals surface area contributed by atoms with Crippen LogP contribution in [0.15, 0.2) is 41.3 Å². The van der Waals surface area contributed by atoms with Crippen LogP contribution in [-0.4, -0.2) is 12.1 Å². The Balaban J connectivity index is 2.19. The summed E-state index contributed by atoms with van der Waals surface area (Å²) in [5.74, 6) is 0.963. The lowest BCUT2D eigenvalue weighted by atomic mass is 10.1. The van der Waals surface area contributed by atoms with E-state index in [1.54, 1.807) is 0 Å². The van der Waals surface area contributed by atoms with Crippen molar-refractivity contribution >= 4 is 11.0 Å². The molecule has 0 spiro atoms. The Bertz CT molecular complexity index is 593. The number of para-hydroxylation sites is 1.